The van der Waals surface area contributed by atoms with Gasteiger partial charge < -0.3 is 14.6 Å². The second-order valence-corrected chi connectivity index (χ2v) is 3.45. The van der Waals surface area contributed by atoms with E-state index in [9.17, 15) is 0 Å². The molecule has 0 aliphatic carbocycles. The van der Waals surface area contributed by atoms with Crippen molar-refractivity contribution in [3.8, 4) is 0 Å². The summed E-state index contributed by atoms with van der Waals surface area (Å²) >= 11 is 0. The highest BCUT2D eigenvalue weighted by Crippen LogP contribution is 1.88. The molecule has 0 aromatic carbocycles. The average Bonchev–Trinajstić information content (AvgIpc) is 2.75. The van der Waals surface area contributed by atoms with Crippen molar-refractivity contribution in [2.45, 2.75) is 26.3 Å². The molecule has 86 valence electrons. The molecule has 0 bridgehead atoms. The molecule has 0 saturated carbocycles. The fourth-order valence-corrected chi connectivity index (χ4v) is 1.35. The van der Waals surface area contributed by atoms with E-state index in [0.29, 0.717) is 0 Å². The van der Waals surface area contributed by atoms with Crippen molar-refractivity contribution in [2.24, 2.45) is 0 Å². The maximum absolute atomic E-state index is 5.26. The summed E-state index contributed by atoms with van der Waals surface area (Å²) in [5.41, 5.74) is 0. The number of imidazole rings is 1. The molecule has 0 aliphatic heterocycles. The van der Waals surface area contributed by atoms with E-state index in [-0.39, 0.29) is 0 Å². The van der Waals surface area contributed by atoms with Crippen LogP contribution in [-0.4, -0.2) is 35.9 Å². The first-order valence-corrected chi connectivity index (χ1v) is 5.67. The molecule has 0 radical (unpaired) electrons. The van der Waals surface area contributed by atoms with Crippen molar-refractivity contribution in [3.05, 3.63) is 18.7 Å². The third kappa shape index (κ3) is 6.25. The topological polar surface area (TPSA) is 39.1 Å². The van der Waals surface area contributed by atoms with Gasteiger partial charge in [-0.05, 0) is 26.3 Å². The summed E-state index contributed by atoms with van der Waals surface area (Å²) < 4.78 is 7.34. The normalized spacial score (nSPS) is 10.7. The van der Waals surface area contributed by atoms with Crippen molar-refractivity contribution in [1.82, 2.24) is 14.9 Å². The number of ether oxygens (including phenoxy) is 1. The molecule has 0 amide bonds. The van der Waals surface area contributed by atoms with Crippen LogP contribution in [0.25, 0.3) is 0 Å². The zero-order chi connectivity index (χ0) is 10.8. The van der Waals surface area contributed by atoms with Gasteiger partial charge in [0.05, 0.1) is 6.33 Å². The molecule has 15 heavy (non-hydrogen) atoms. The second kappa shape index (κ2) is 8.44. The lowest BCUT2D eigenvalue weighted by molar-refractivity contribution is 0.143. The largest absolute Gasteiger partial charge is 0.382 e. The summed E-state index contributed by atoms with van der Waals surface area (Å²) in [6.45, 7) is 6.81. The molecule has 0 fully saturated rings. The van der Waals surface area contributed by atoms with E-state index in [1.165, 1.54) is 6.42 Å². The predicted octanol–water partition coefficient (Wildman–Crippen LogP) is 1.29. The number of nitrogens with one attached hydrogen (secondary N) is 1. The Morgan fingerprint density at radius 3 is 3.00 bits per heavy atom. The quantitative estimate of drug-likeness (QED) is 0.626. The van der Waals surface area contributed by atoms with Gasteiger partial charge in [0.1, 0.15) is 0 Å². The van der Waals surface area contributed by atoms with E-state index < -0.39 is 0 Å². The molecule has 0 atom stereocenters. The van der Waals surface area contributed by atoms with Gasteiger partial charge in [-0.1, -0.05) is 0 Å². The van der Waals surface area contributed by atoms with Crippen molar-refractivity contribution in [1.29, 1.82) is 0 Å². The molecule has 0 saturated heterocycles. The highest BCUT2D eigenvalue weighted by molar-refractivity contribution is 4.74. The molecule has 1 heterocycles. The highest BCUT2D eigenvalue weighted by Gasteiger charge is 1.91. The molecule has 0 spiro atoms. The molecule has 1 aromatic rings. The number of hydrogen-bond donors (Lipinski definition) is 1. The van der Waals surface area contributed by atoms with Gasteiger partial charge in [0.25, 0.3) is 0 Å². The van der Waals surface area contributed by atoms with Crippen LogP contribution >= 0.6 is 0 Å². The van der Waals surface area contributed by atoms with Gasteiger partial charge in [-0.3, -0.25) is 0 Å². The summed E-state index contributed by atoms with van der Waals surface area (Å²) in [5.74, 6) is 0. The summed E-state index contributed by atoms with van der Waals surface area (Å²) in [4.78, 5) is 3.99. The molecule has 0 unspecified atom stereocenters. The van der Waals surface area contributed by atoms with Gasteiger partial charge in [0, 0.05) is 38.7 Å². The molecular formula is C11H21N3O. The van der Waals surface area contributed by atoms with Crippen LogP contribution in [0, 0.1) is 0 Å². The van der Waals surface area contributed by atoms with Gasteiger partial charge in [-0.15, -0.1) is 0 Å². The second-order valence-electron chi connectivity index (χ2n) is 3.45. The molecule has 4 nitrogen and oxygen atoms in total. The summed E-state index contributed by atoms with van der Waals surface area (Å²) in [6.07, 6.45) is 7.96. The third-order valence-corrected chi connectivity index (χ3v) is 2.20. The van der Waals surface area contributed by atoms with Gasteiger partial charge in [0.15, 0.2) is 0 Å². The minimum absolute atomic E-state index is 0.827. The lowest BCUT2D eigenvalue weighted by Gasteiger charge is -2.05. The maximum atomic E-state index is 5.26. The van der Waals surface area contributed by atoms with Crippen molar-refractivity contribution in [2.75, 3.05) is 26.3 Å². The van der Waals surface area contributed by atoms with Crippen LogP contribution in [0.2, 0.25) is 0 Å². The number of nitrogens with zero attached hydrogens (tertiary/aromatic N) is 2. The van der Waals surface area contributed by atoms with E-state index in [0.717, 1.165) is 39.3 Å². The fraction of sp³-hybridized carbons (Fsp3) is 0.727. The van der Waals surface area contributed by atoms with Gasteiger partial charge in [-0.25, -0.2) is 4.98 Å². The maximum Gasteiger partial charge on any atom is 0.0946 e. The van der Waals surface area contributed by atoms with Gasteiger partial charge in [-0.2, -0.15) is 0 Å². The third-order valence-electron chi connectivity index (χ3n) is 2.20. The molecule has 1 N–H and O–H groups in total. The lowest BCUT2D eigenvalue weighted by Crippen LogP contribution is -2.20. The Kier molecular flexibility index (Phi) is 6.86. The average molecular weight is 211 g/mol. The van der Waals surface area contributed by atoms with Crippen molar-refractivity contribution < 1.29 is 4.74 Å². The Bertz CT molecular complexity index is 224. The number of unbranched alkanes of at least 4 members (excludes halogenated alkanes) is 1. The Labute approximate surface area is 91.7 Å². The number of aromatic nitrogens is 2. The lowest BCUT2D eigenvalue weighted by atomic mass is 10.3. The number of hydrogen-bond acceptors (Lipinski definition) is 3. The molecule has 0 aliphatic rings. The van der Waals surface area contributed by atoms with Crippen LogP contribution in [0.5, 0.6) is 0 Å². The minimum atomic E-state index is 0.827. The van der Waals surface area contributed by atoms with Crippen LogP contribution < -0.4 is 5.32 Å². The number of rotatable bonds is 9. The summed E-state index contributed by atoms with van der Waals surface area (Å²) in [6, 6.07) is 0. The minimum Gasteiger partial charge on any atom is -0.382 e. The molecular weight excluding hydrogens is 190 g/mol. The summed E-state index contributed by atoms with van der Waals surface area (Å²) in [5, 5.41) is 3.40. The molecule has 1 rings (SSSR count). The van der Waals surface area contributed by atoms with Crippen LogP contribution in [-0.2, 0) is 11.3 Å². The van der Waals surface area contributed by atoms with Crippen LogP contribution in [0.1, 0.15) is 19.8 Å². The first-order chi connectivity index (χ1) is 7.43. The van der Waals surface area contributed by atoms with E-state index in [2.05, 4.69) is 14.9 Å². The highest BCUT2D eigenvalue weighted by atomic mass is 16.5. The Morgan fingerprint density at radius 1 is 1.33 bits per heavy atom. The van der Waals surface area contributed by atoms with Crippen LogP contribution in [0.4, 0.5) is 0 Å². The smallest absolute Gasteiger partial charge is 0.0946 e. The monoisotopic (exact) mass is 211 g/mol. The fourth-order valence-electron chi connectivity index (χ4n) is 1.35. The summed E-state index contributed by atoms with van der Waals surface area (Å²) in [7, 11) is 0. The van der Waals surface area contributed by atoms with Gasteiger partial charge in [0.2, 0.25) is 0 Å². The van der Waals surface area contributed by atoms with Crippen molar-refractivity contribution >= 4 is 0 Å². The van der Waals surface area contributed by atoms with Gasteiger partial charge >= 0.3 is 0 Å². The first kappa shape index (κ1) is 12.2. The van der Waals surface area contributed by atoms with Crippen LogP contribution in [0.15, 0.2) is 18.7 Å². The van der Waals surface area contributed by atoms with E-state index in [1.807, 2.05) is 25.6 Å². The Morgan fingerprint density at radius 2 is 2.27 bits per heavy atom. The SMILES string of the molecule is CCOCCCCNCCn1ccnc1. The Hall–Kier alpha value is -0.870. The van der Waals surface area contributed by atoms with Crippen LogP contribution in [0.3, 0.4) is 0 Å². The zero-order valence-corrected chi connectivity index (χ0v) is 9.48. The van der Waals surface area contributed by atoms with E-state index in [4.69, 9.17) is 4.74 Å². The zero-order valence-electron chi connectivity index (χ0n) is 9.48. The van der Waals surface area contributed by atoms with Crippen molar-refractivity contribution in [3.63, 3.8) is 0 Å². The Balaban J connectivity index is 1.81. The predicted molar refractivity (Wildman–Crippen MR) is 60.8 cm³/mol. The van der Waals surface area contributed by atoms with E-state index in [1.54, 1.807) is 0 Å². The molecule has 4 heteroatoms. The first-order valence-electron chi connectivity index (χ1n) is 5.67. The van der Waals surface area contributed by atoms with E-state index >= 15 is 0 Å². The standard InChI is InChI=1S/C11H21N3O/c1-2-15-10-4-3-5-12-6-8-14-9-7-13-11-14/h7,9,11-12H,2-6,8,10H2,1H3. The molecule has 1 aromatic heterocycles.